The number of ether oxygens (including phenoxy) is 1. The Morgan fingerprint density at radius 3 is 2.89 bits per heavy atom. The van der Waals surface area contributed by atoms with Crippen molar-refractivity contribution in [2.24, 2.45) is 0 Å². The SMILES string of the molecule is CC(CO)NC(=O)C(C)Oc1cccc(C#N)c1. The number of carbonyl (C=O) groups excluding carboxylic acids is 1. The van der Waals surface area contributed by atoms with Crippen LogP contribution in [0.1, 0.15) is 19.4 Å². The van der Waals surface area contributed by atoms with Gasteiger partial charge in [-0.05, 0) is 32.0 Å². The second-order valence-electron chi connectivity index (χ2n) is 3.99. The van der Waals surface area contributed by atoms with Gasteiger partial charge in [-0.15, -0.1) is 0 Å². The van der Waals surface area contributed by atoms with E-state index in [0.717, 1.165) is 0 Å². The van der Waals surface area contributed by atoms with Crippen LogP contribution in [-0.2, 0) is 4.79 Å². The molecule has 0 fully saturated rings. The number of carbonyl (C=O) groups is 1. The minimum Gasteiger partial charge on any atom is -0.481 e. The first-order valence-corrected chi connectivity index (χ1v) is 5.65. The van der Waals surface area contributed by atoms with Crippen molar-refractivity contribution in [1.29, 1.82) is 5.26 Å². The molecule has 0 bridgehead atoms. The molecule has 5 nitrogen and oxygen atoms in total. The van der Waals surface area contributed by atoms with E-state index in [0.29, 0.717) is 11.3 Å². The summed E-state index contributed by atoms with van der Waals surface area (Å²) >= 11 is 0. The first-order valence-electron chi connectivity index (χ1n) is 5.65. The molecular formula is C13H16N2O3. The second kappa shape index (κ2) is 6.62. The van der Waals surface area contributed by atoms with Crippen LogP contribution in [0.5, 0.6) is 5.75 Å². The van der Waals surface area contributed by atoms with E-state index in [-0.39, 0.29) is 18.6 Å². The molecular weight excluding hydrogens is 232 g/mol. The minimum atomic E-state index is -0.687. The Labute approximate surface area is 106 Å². The number of benzene rings is 1. The molecule has 0 radical (unpaired) electrons. The first-order chi connectivity index (χ1) is 8.56. The molecule has 1 rings (SSSR count). The third kappa shape index (κ3) is 4.07. The molecule has 1 aromatic carbocycles. The summed E-state index contributed by atoms with van der Waals surface area (Å²) in [6.45, 7) is 3.18. The molecule has 0 saturated carbocycles. The Bertz CT molecular complexity index is 454. The van der Waals surface area contributed by atoms with Crippen molar-refractivity contribution >= 4 is 5.91 Å². The van der Waals surface area contributed by atoms with Crippen molar-refractivity contribution in [1.82, 2.24) is 5.32 Å². The molecule has 5 heteroatoms. The zero-order chi connectivity index (χ0) is 13.5. The van der Waals surface area contributed by atoms with Crippen LogP contribution in [0.3, 0.4) is 0 Å². The van der Waals surface area contributed by atoms with Crippen LogP contribution in [0.25, 0.3) is 0 Å². The van der Waals surface area contributed by atoms with E-state index < -0.39 is 6.10 Å². The molecule has 2 N–H and O–H groups in total. The molecule has 0 aromatic heterocycles. The van der Waals surface area contributed by atoms with Crippen LogP contribution in [0.4, 0.5) is 0 Å². The molecule has 96 valence electrons. The molecule has 0 saturated heterocycles. The van der Waals surface area contributed by atoms with Gasteiger partial charge in [-0.3, -0.25) is 4.79 Å². The Morgan fingerprint density at radius 1 is 1.56 bits per heavy atom. The Morgan fingerprint density at radius 2 is 2.28 bits per heavy atom. The second-order valence-corrected chi connectivity index (χ2v) is 3.99. The van der Waals surface area contributed by atoms with Crippen LogP contribution in [0.15, 0.2) is 24.3 Å². The van der Waals surface area contributed by atoms with Crippen molar-refractivity contribution in [3.63, 3.8) is 0 Å². The summed E-state index contributed by atoms with van der Waals surface area (Å²) in [5.41, 5.74) is 0.476. The normalized spacial score (nSPS) is 13.2. The lowest BCUT2D eigenvalue weighted by Gasteiger charge is -2.17. The summed E-state index contributed by atoms with van der Waals surface area (Å²) in [6, 6.07) is 8.28. The summed E-state index contributed by atoms with van der Waals surface area (Å²) in [5, 5.41) is 20.2. The zero-order valence-corrected chi connectivity index (χ0v) is 10.4. The highest BCUT2D eigenvalue weighted by Gasteiger charge is 2.16. The highest BCUT2D eigenvalue weighted by atomic mass is 16.5. The Kier molecular flexibility index (Phi) is 5.15. The fourth-order valence-corrected chi connectivity index (χ4v) is 1.30. The predicted molar refractivity (Wildman–Crippen MR) is 65.9 cm³/mol. The number of nitriles is 1. The van der Waals surface area contributed by atoms with Gasteiger partial charge in [0.25, 0.3) is 5.91 Å². The Hall–Kier alpha value is -2.06. The molecule has 1 amide bonds. The molecule has 0 spiro atoms. The molecule has 0 aliphatic rings. The van der Waals surface area contributed by atoms with E-state index in [4.69, 9.17) is 15.1 Å². The van der Waals surface area contributed by atoms with Gasteiger partial charge in [0.15, 0.2) is 6.10 Å². The summed E-state index contributed by atoms with van der Waals surface area (Å²) in [4.78, 5) is 11.7. The smallest absolute Gasteiger partial charge is 0.261 e. The van der Waals surface area contributed by atoms with E-state index in [1.807, 2.05) is 6.07 Å². The molecule has 0 heterocycles. The average molecular weight is 248 g/mol. The van der Waals surface area contributed by atoms with Crippen molar-refractivity contribution in [3.05, 3.63) is 29.8 Å². The monoisotopic (exact) mass is 248 g/mol. The van der Waals surface area contributed by atoms with Crippen LogP contribution >= 0.6 is 0 Å². The standard InChI is InChI=1S/C13H16N2O3/c1-9(8-16)15-13(17)10(2)18-12-5-3-4-11(6-12)7-14/h3-6,9-10,16H,8H2,1-2H3,(H,15,17). The van der Waals surface area contributed by atoms with Gasteiger partial charge in [0.05, 0.1) is 18.2 Å². The highest BCUT2D eigenvalue weighted by Crippen LogP contribution is 2.14. The third-order valence-corrected chi connectivity index (χ3v) is 2.31. The fourth-order valence-electron chi connectivity index (χ4n) is 1.30. The number of hydrogen-bond acceptors (Lipinski definition) is 4. The summed E-state index contributed by atoms with van der Waals surface area (Å²) in [7, 11) is 0. The third-order valence-electron chi connectivity index (χ3n) is 2.31. The van der Waals surface area contributed by atoms with E-state index in [9.17, 15) is 4.79 Å². The molecule has 0 aliphatic carbocycles. The maximum Gasteiger partial charge on any atom is 0.261 e. The minimum absolute atomic E-state index is 0.123. The number of nitrogens with zero attached hydrogens (tertiary/aromatic N) is 1. The number of nitrogens with one attached hydrogen (secondary N) is 1. The van der Waals surface area contributed by atoms with Gasteiger partial charge in [-0.1, -0.05) is 6.07 Å². The van der Waals surface area contributed by atoms with Crippen LogP contribution in [0.2, 0.25) is 0 Å². The van der Waals surface area contributed by atoms with E-state index in [2.05, 4.69) is 5.32 Å². The predicted octanol–water partition coefficient (Wildman–Crippen LogP) is 0.823. The van der Waals surface area contributed by atoms with Gasteiger partial charge in [0.2, 0.25) is 0 Å². The lowest BCUT2D eigenvalue weighted by molar-refractivity contribution is -0.128. The van der Waals surface area contributed by atoms with Gasteiger partial charge in [-0.2, -0.15) is 5.26 Å². The van der Waals surface area contributed by atoms with Crippen LogP contribution in [-0.4, -0.2) is 29.8 Å². The number of aliphatic hydroxyl groups is 1. The van der Waals surface area contributed by atoms with Crippen molar-refractivity contribution in [2.45, 2.75) is 26.0 Å². The lowest BCUT2D eigenvalue weighted by atomic mass is 10.2. The number of rotatable bonds is 5. The summed E-state index contributed by atoms with van der Waals surface area (Å²) < 4.78 is 5.42. The Balaban J connectivity index is 2.61. The first kappa shape index (κ1) is 14.0. The van der Waals surface area contributed by atoms with Crippen molar-refractivity contribution in [2.75, 3.05) is 6.61 Å². The number of hydrogen-bond donors (Lipinski definition) is 2. The van der Waals surface area contributed by atoms with E-state index in [1.54, 1.807) is 38.1 Å². The molecule has 2 unspecified atom stereocenters. The average Bonchev–Trinajstić information content (AvgIpc) is 2.38. The number of amides is 1. The maximum absolute atomic E-state index is 11.7. The van der Waals surface area contributed by atoms with Crippen LogP contribution in [0, 0.1) is 11.3 Å². The van der Waals surface area contributed by atoms with Gasteiger partial charge in [0, 0.05) is 6.04 Å². The molecule has 1 aromatic rings. The van der Waals surface area contributed by atoms with Crippen molar-refractivity contribution < 1.29 is 14.6 Å². The van der Waals surface area contributed by atoms with E-state index >= 15 is 0 Å². The fraction of sp³-hybridized carbons (Fsp3) is 0.385. The largest absolute Gasteiger partial charge is 0.481 e. The highest BCUT2D eigenvalue weighted by molar-refractivity contribution is 5.80. The van der Waals surface area contributed by atoms with E-state index in [1.165, 1.54) is 0 Å². The van der Waals surface area contributed by atoms with Crippen molar-refractivity contribution in [3.8, 4) is 11.8 Å². The molecule has 18 heavy (non-hydrogen) atoms. The van der Waals surface area contributed by atoms with Gasteiger partial charge < -0.3 is 15.2 Å². The van der Waals surface area contributed by atoms with Gasteiger partial charge >= 0.3 is 0 Å². The lowest BCUT2D eigenvalue weighted by Crippen LogP contribution is -2.42. The summed E-state index contributed by atoms with van der Waals surface area (Å²) in [6.07, 6.45) is -0.687. The zero-order valence-electron chi connectivity index (χ0n) is 10.4. The maximum atomic E-state index is 11.7. The quantitative estimate of drug-likeness (QED) is 0.808. The molecule has 0 aliphatic heterocycles. The van der Waals surface area contributed by atoms with Gasteiger partial charge in [0.1, 0.15) is 5.75 Å². The van der Waals surface area contributed by atoms with Crippen LogP contribution < -0.4 is 10.1 Å². The van der Waals surface area contributed by atoms with Gasteiger partial charge in [-0.25, -0.2) is 0 Å². The topological polar surface area (TPSA) is 82.3 Å². The summed E-state index contributed by atoms with van der Waals surface area (Å²) in [5.74, 6) is 0.160. The number of aliphatic hydroxyl groups excluding tert-OH is 1. The molecule has 2 atom stereocenters.